The molecule has 146 valence electrons. The number of benzene rings is 1. The summed E-state index contributed by atoms with van der Waals surface area (Å²) in [4.78, 5) is 0.159. The van der Waals surface area contributed by atoms with Crippen LogP contribution in [0, 0.1) is 5.41 Å². The summed E-state index contributed by atoms with van der Waals surface area (Å²) in [6.45, 7) is 4.89. The molecule has 4 rings (SSSR count). The molecule has 1 unspecified atom stereocenters. The smallest absolute Gasteiger partial charge is 0.244 e. The van der Waals surface area contributed by atoms with E-state index < -0.39 is 10.0 Å². The molecule has 1 aromatic heterocycles. The summed E-state index contributed by atoms with van der Waals surface area (Å²) in [5.74, 6) is 0.845. The van der Waals surface area contributed by atoms with Crippen LogP contribution in [0.5, 0.6) is 0 Å². The second-order valence-electron chi connectivity index (χ2n) is 7.23. The number of sulfonamides is 1. The van der Waals surface area contributed by atoms with Gasteiger partial charge >= 0.3 is 0 Å². The van der Waals surface area contributed by atoms with Crippen molar-refractivity contribution in [1.82, 2.24) is 19.1 Å². The molecule has 0 saturated carbocycles. The zero-order valence-corrected chi connectivity index (χ0v) is 16.8. The van der Waals surface area contributed by atoms with E-state index in [2.05, 4.69) is 10.2 Å². The van der Waals surface area contributed by atoms with Gasteiger partial charge in [0, 0.05) is 38.8 Å². The highest BCUT2D eigenvalue weighted by molar-refractivity contribution is 7.89. The molecule has 3 heterocycles. The number of aromatic nitrogens is 3. The van der Waals surface area contributed by atoms with E-state index in [1.807, 2.05) is 11.5 Å². The fourth-order valence-electron chi connectivity index (χ4n) is 4.32. The lowest BCUT2D eigenvalue weighted by atomic mass is 9.72. The molecule has 7 nitrogen and oxygen atoms in total. The third-order valence-corrected chi connectivity index (χ3v) is 8.17. The van der Waals surface area contributed by atoms with Gasteiger partial charge in [-0.2, -0.15) is 4.31 Å². The van der Waals surface area contributed by atoms with Crippen molar-refractivity contribution in [2.24, 2.45) is 5.41 Å². The van der Waals surface area contributed by atoms with Crippen molar-refractivity contribution in [3.63, 3.8) is 0 Å². The van der Waals surface area contributed by atoms with Crippen LogP contribution in [0.3, 0.4) is 0 Å². The number of nitrogens with zero attached hydrogens (tertiary/aromatic N) is 4. The molecule has 2 saturated heterocycles. The van der Waals surface area contributed by atoms with Crippen molar-refractivity contribution in [2.75, 3.05) is 26.3 Å². The predicted molar refractivity (Wildman–Crippen MR) is 101 cm³/mol. The van der Waals surface area contributed by atoms with E-state index in [1.165, 1.54) is 0 Å². The zero-order chi connectivity index (χ0) is 19.1. The van der Waals surface area contributed by atoms with Gasteiger partial charge in [-0.15, -0.1) is 10.2 Å². The Morgan fingerprint density at radius 1 is 1.30 bits per heavy atom. The Kier molecular flexibility index (Phi) is 5.00. The maximum Gasteiger partial charge on any atom is 0.244 e. The first-order valence-corrected chi connectivity index (χ1v) is 11.0. The van der Waals surface area contributed by atoms with Gasteiger partial charge in [0.15, 0.2) is 0 Å². The van der Waals surface area contributed by atoms with Gasteiger partial charge in [-0.05, 0) is 37.3 Å². The van der Waals surface area contributed by atoms with Crippen LogP contribution in [0.4, 0.5) is 0 Å². The largest absolute Gasteiger partial charge is 0.381 e. The number of ether oxygens (including phenoxy) is 1. The molecule has 0 amide bonds. The van der Waals surface area contributed by atoms with Gasteiger partial charge in [0.05, 0.1) is 5.02 Å². The Hall–Kier alpha value is -1.48. The highest BCUT2D eigenvalue weighted by atomic mass is 35.5. The molecular weight excluding hydrogens is 388 g/mol. The van der Waals surface area contributed by atoms with Crippen LogP contribution in [-0.4, -0.2) is 53.8 Å². The Labute approximate surface area is 164 Å². The normalized spacial score (nSPS) is 23.1. The van der Waals surface area contributed by atoms with E-state index in [-0.39, 0.29) is 21.3 Å². The first-order valence-electron chi connectivity index (χ1n) is 9.18. The third kappa shape index (κ3) is 3.18. The second-order valence-corrected chi connectivity index (χ2v) is 9.54. The van der Waals surface area contributed by atoms with E-state index in [9.17, 15) is 8.42 Å². The van der Waals surface area contributed by atoms with Crippen molar-refractivity contribution in [2.45, 2.75) is 37.1 Å². The van der Waals surface area contributed by atoms with Gasteiger partial charge in [-0.3, -0.25) is 0 Å². The minimum Gasteiger partial charge on any atom is -0.381 e. The standard InChI is InChI=1S/C18H23ClN4O3S/c1-2-22-13-20-21-17(22)14-11-23(12-18(14)7-9-26-10-8-18)27(24,25)16-6-4-3-5-15(16)19/h3-6,13-14H,2,7-12H2,1H3. The molecule has 27 heavy (non-hydrogen) atoms. The molecule has 2 aromatic rings. The average molecular weight is 411 g/mol. The van der Waals surface area contributed by atoms with Crippen LogP contribution in [0.1, 0.15) is 31.5 Å². The lowest BCUT2D eigenvalue weighted by Gasteiger charge is -2.37. The van der Waals surface area contributed by atoms with Crippen molar-refractivity contribution >= 4 is 21.6 Å². The molecule has 0 radical (unpaired) electrons. The number of halogens is 1. The molecule has 0 bridgehead atoms. The van der Waals surface area contributed by atoms with Crippen LogP contribution >= 0.6 is 11.6 Å². The minimum atomic E-state index is -3.69. The fourth-order valence-corrected chi connectivity index (χ4v) is 6.36. The minimum absolute atomic E-state index is 0.0129. The van der Waals surface area contributed by atoms with E-state index in [1.54, 1.807) is 34.9 Å². The lowest BCUT2D eigenvalue weighted by molar-refractivity contribution is 0.0130. The van der Waals surface area contributed by atoms with E-state index in [0.717, 1.165) is 25.2 Å². The summed E-state index contributed by atoms with van der Waals surface area (Å²) < 4.78 is 35.8. The zero-order valence-electron chi connectivity index (χ0n) is 15.2. The molecule has 9 heteroatoms. The Morgan fingerprint density at radius 3 is 2.74 bits per heavy atom. The Bertz CT molecular complexity index is 924. The summed E-state index contributed by atoms with van der Waals surface area (Å²) in [5, 5.41) is 8.67. The SMILES string of the molecule is CCn1cnnc1C1CN(S(=O)(=O)c2ccccc2Cl)CC12CCOCC2. The third-order valence-electron chi connectivity index (χ3n) is 5.86. The van der Waals surface area contributed by atoms with Gasteiger partial charge in [0.25, 0.3) is 0 Å². The van der Waals surface area contributed by atoms with Crippen LogP contribution in [0.15, 0.2) is 35.5 Å². The second kappa shape index (κ2) is 7.16. The first-order chi connectivity index (χ1) is 13.0. The van der Waals surface area contributed by atoms with Crippen LogP contribution in [-0.2, 0) is 21.3 Å². The number of rotatable bonds is 4. The summed E-state index contributed by atoms with van der Waals surface area (Å²) in [6, 6.07) is 6.61. The maximum absolute atomic E-state index is 13.3. The molecule has 1 spiro atoms. The maximum atomic E-state index is 13.3. The van der Waals surface area contributed by atoms with Crippen LogP contribution < -0.4 is 0 Å². The summed E-state index contributed by atoms with van der Waals surface area (Å²) in [5.41, 5.74) is -0.188. The molecule has 0 aliphatic carbocycles. The molecule has 2 fully saturated rings. The predicted octanol–water partition coefficient (Wildman–Crippen LogP) is 2.54. The highest BCUT2D eigenvalue weighted by Gasteiger charge is 2.53. The topological polar surface area (TPSA) is 77.3 Å². The monoisotopic (exact) mass is 410 g/mol. The van der Waals surface area contributed by atoms with E-state index >= 15 is 0 Å². The van der Waals surface area contributed by atoms with Gasteiger partial charge in [-0.1, -0.05) is 23.7 Å². The molecule has 2 aliphatic heterocycles. The van der Waals surface area contributed by atoms with Crippen molar-refractivity contribution in [3.05, 3.63) is 41.4 Å². The fraction of sp³-hybridized carbons (Fsp3) is 0.556. The van der Waals surface area contributed by atoms with Gasteiger partial charge in [0.1, 0.15) is 17.0 Å². The van der Waals surface area contributed by atoms with Gasteiger partial charge < -0.3 is 9.30 Å². The molecule has 0 N–H and O–H groups in total. The van der Waals surface area contributed by atoms with Crippen LogP contribution in [0.25, 0.3) is 0 Å². The van der Waals surface area contributed by atoms with Crippen molar-refractivity contribution < 1.29 is 13.2 Å². The Balaban J connectivity index is 1.74. The quantitative estimate of drug-likeness (QED) is 0.774. The number of aryl methyl sites for hydroxylation is 1. The summed E-state index contributed by atoms with van der Waals surface area (Å²) in [7, 11) is -3.69. The first kappa shape index (κ1) is 18.9. The highest BCUT2D eigenvalue weighted by Crippen LogP contribution is 2.50. The molecular formula is C18H23ClN4O3S. The Morgan fingerprint density at radius 2 is 2.04 bits per heavy atom. The molecule has 2 aliphatic rings. The lowest BCUT2D eigenvalue weighted by Crippen LogP contribution is -2.37. The number of hydrogen-bond donors (Lipinski definition) is 0. The van der Waals surface area contributed by atoms with E-state index in [4.69, 9.17) is 16.3 Å². The van der Waals surface area contributed by atoms with Crippen LogP contribution in [0.2, 0.25) is 5.02 Å². The summed E-state index contributed by atoms with van der Waals surface area (Å²) >= 11 is 6.20. The average Bonchev–Trinajstić information content (AvgIpc) is 3.27. The van der Waals surface area contributed by atoms with Gasteiger partial charge in [-0.25, -0.2) is 8.42 Å². The van der Waals surface area contributed by atoms with Crippen molar-refractivity contribution in [1.29, 1.82) is 0 Å². The van der Waals surface area contributed by atoms with Crippen molar-refractivity contribution in [3.8, 4) is 0 Å². The van der Waals surface area contributed by atoms with Gasteiger partial charge in [0.2, 0.25) is 10.0 Å². The molecule has 1 aromatic carbocycles. The molecule has 1 atom stereocenters. The number of hydrogen-bond acceptors (Lipinski definition) is 5. The van der Waals surface area contributed by atoms with E-state index in [0.29, 0.717) is 26.3 Å². The summed E-state index contributed by atoms with van der Waals surface area (Å²) in [6.07, 6.45) is 3.33.